The maximum Gasteiger partial charge on any atom is 0.0541 e. The van der Waals surface area contributed by atoms with Crippen molar-refractivity contribution in [1.82, 2.24) is 4.57 Å². The molecule has 1 heterocycles. The lowest BCUT2D eigenvalue weighted by molar-refractivity contribution is 1.18. The molecule has 0 N–H and O–H groups in total. The van der Waals surface area contributed by atoms with Gasteiger partial charge in [0.2, 0.25) is 0 Å². The second-order valence-electron chi connectivity index (χ2n) is 13.4. The summed E-state index contributed by atoms with van der Waals surface area (Å²) in [6.45, 7) is 0. The predicted molar refractivity (Wildman–Crippen MR) is 221 cm³/mol. The highest BCUT2D eigenvalue weighted by atomic mass is 15.1. The Labute approximate surface area is 303 Å². The molecule has 0 aliphatic heterocycles. The van der Waals surface area contributed by atoms with E-state index >= 15 is 0 Å². The fourth-order valence-electron chi connectivity index (χ4n) is 7.90. The summed E-state index contributed by atoms with van der Waals surface area (Å²) in [6, 6.07) is 74.6. The van der Waals surface area contributed by atoms with Gasteiger partial charge in [-0.3, -0.25) is 0 Å². The summed E-state index contributed by atoms with van der Waals surface area (Å²) < 4.78 is 2.37. The molecule has 0 radical (unpaired) electrons. The summed E-state index contributed by atoms with van der Waals surface area (Å²) in [6.07, 6.45) is 0. The molecule has 0 fully saturated rings. The van der Waals surface area contributed by atoms with Gasteiger partial charge in [-0.25, -0.2) is 0 Å². The molecule has 0 saturated carbocycles. The predicted octanol–water partition coefficient (Wildman–Crippen LogP) is 13.9. The van der Waals surface area contributed by atoms with Crippen LogP contribution in [-0.2, 0) is 0 Å². The van der Waals surface area contributed by atoms with Gasteiger partial charge in [0.25, 0.3) is 0 Å². The molecule has 0 bridgehead atoms. The van der Waals surface area contributed by atoms with Crippen molar-refractivity contribution in [2.45, 2.75) is 0 Å². The topological polar surface area (TPSA) is 8.17 Å². The Kier molecular flexibility index (Phi) is 7.18. The summed E-state index contributed by atoms with van der Waals surface area (Å²) in [5, 5.41) is 7.48. The molecule has 0 saturated heterocycles. The molecular weight excluding hydrogens is 629 g/mol. The number of rotatable bonds is 6. The molecule has 0 aliphatic rings. The smallest absolute Gasteiger partial charge is 0.0541 e. The summed E-state index contributed by atoms with van der Waals surface area (Å²) in [7, 11) is 0. The monoisotopic (exact) mass is 662 g/mol. The Hall–Kier alpha value is -6.90. The van der Waals surface area contributed by atoms with Gasteiger partial charge in [-0.2, -0.15) is 0 Å². The van der Waals surface area contributed by atoms with E-state index in [1.165, 1.54) is 65.6 Å². The normalized spacial score (nSPS) is 11.5. The first-order valence-corrected chi connectivity index (χ1v) is 17.9. The molecule has 1 aromatic heterocycles. The van der Waals surface area contributed by atoms with Crippen molar-refractivity contribution in [3.63, 3.8) is 0 Å². The lowest BCUT2D eigenvalue weighted by Gasteiger charge is -2.27. The van der Waals surface area contributed by atoms with Crippen molar-refractivity contribution in [3.8, 4) is 27.9 Å². The first-order chi connectivity index (χ1) is 25.8. The van der Waals surface area contributed by atoms with Crippen LogP contribution in [0.25, 0.3) is 71.3 Å². The number of fused-ring (bicyclic) bond motifs is 5. The van der Waals surface area contributed by atoms with E-state index < -0.39 is 0 Å². The fourth-order valence-corrected chi connectivity index (χ4v) is 7.90. The highest BCUT2D eigenvalue weighted by Gasteiger charge is 2.18. The number of nitrogens with zero attached hydrogens (tertiary/aromatic N) is 2. The lowest BCUT2D eigenvalue weighted by atomic mass is 9.96. The maximum atomic E-state index is 2.38. The first kappa shape index (κ1) is 30.0. The second-order valence-corrected chi connectivity index (χ2v) is 13.4. The average molecular weight is 663 g/mol. The standard InChI is InChI=1S/C50H34N2/c1-2-14-40(15-3-1)51(41-28-24-36(25-29-41)39-23-22-35-12-4-5-13-38(35)34-39)50-33-32-43(44-16-6-7-17-45(44)50)37-26-30-42(31-27-37)52-48-20-10-8-18-46(48)47-19-9-11-21-49(47)52/h1-34H. The zero-order chi connectivity index (χ0) is 34.4. The number of hydrogen-bond acceptors (Lipinski definition) is 1. The van der Waals surface area contributed by atoms with Crippen molar-refractivity contribution < 1.29 is 0 Å². The van der Waals surface area contributed by atoms with E-state index in [0.29, 0.717) is 0 Å². The van der Waals surface area contributed by atoms with E-state index in [2.05, 4.69) is 216 Å². The van der Waals surface area contributed by atoms with Crippen molar-refractivity contribution in [3.05, 3.63) is 206 Å². The third-order valence-electron chi connectivity index (χ3n) is 10.4. The number of benzene rings is 9. The van der Waals surface area contributed by atoms with Gasteiger partial charge in [0.1, 0.15) is 0 Å². The Morgan fingerprint density at radius 2 is 0.865 bits per heavy atom. The quantitative estimate of drug-likeness (QED) is 0.172. The average Bonchev–Trinajstić information content (AvgIpc) is 3.56. The van der Waals surface area contributed by atoms with E-state index in [1.54, 1.807) is 0 Å². The molecule has 0 unspecified atom stereocenters. The Balaban J connectivity index is 1.06. The minimum absolute atomic E-state index is 1.11. The van der Waals surface area contributed by atoms with Gasteiger partial charge in [-0.05, 0) is 99.1 Å². The van der Waals surface area contributed by atoms with E-state index in [4.69, 9.17) is 0 Å². The minimum atomic E-state index is 1.11. The zero-order valence-corrected chi connectivity index (χ0v) is 28.5. The summed E-state index contributed by atoms with van der Waals surface area (Å²) in [5.74, 6) is 0. The molecule has 244 valence electrons. The van der Waals surface area contributed by atoms with Crippen molar-refractivity contribution in [1.29, 1.82) is 0 Å². The van der Waals surface area contributed by atoms with Gasteiger partial charge in [-0.1, -0.05) is 146 Å². The Bertz CT molecular complexity index is 2830. The molecule has 0 atom stereocenters. The molecule has 10 rings (SSSR count). The van der Waals surface area contributed by atoms with Crippen LogP contribution in [0.5, 0.6) is 0 Å². The van der Waals surface area contributed by atoms with Crippen LogP contribution in [-0.4, -0.2) is 4.57 Å². The van der Waals surface area contributed by atoms with Crippen molar-refractivity contribution in [2.24, 2.45) is 0 Å². The fraction of sp³-hybridized carbons (Fsp3) is 0. The number of hydrogen-bond donors (Lipinski definition) is 0. The van der Waals surface area contributed by atoms with Gasteiger partial charge < -0.3 is 9.47 Å². The summed E-state index contributed by atoms with van der Waals surface area (Å²) >= 11 is 0. The van der Waals surface area contributed by atoms with Crippen LogP contribution in [0.2, 0.25) is 0 Å². The lowest BCUT2D eigenvalue weighted by Crippen LogP contribution is -2.10. The zero-order valence-electron chi connectivity index (χ0n) is 28.5. The molecule has 2 heteroatoms. The van der Waals surface area contributed by atoms with Crippen LogP contribution in [0, 0.1) is 0 Å². The second kappa shape index (κ2) is 12.5. The van der Waals surface area contributed by atoms with Gasteiger partial charge >= 0.3 is 0 Å². The number of anilines is 3. The summed E-state index contributed by atoms with van der Waals surface area (Å²) in [5.41, 5.74) is 11.8. The summed E-state index contributed by atoms with van der Waals surface area (Å²) in [4.78, 5) is 2.38. The molecule has 0 spiro atoms. The van der Waals surface area contributed by atoms with Crippen LogP contribution in [0.1, 0.15) is 0 Å². The number of aromatic nitrogens is 1. The largest absolute Gasteiger partial charge is 0.310 e. The van der Waals surface area contributed by atoms with Crippen LogP contribution in [0.15, 0.2) is 206 Å². The first-order valence-electron chi connectivity index (χ1n) is 17.9. The molecule has 0 amide bonds. The third-order valence-corrected chi connectivity index (χ3v) is 10.4. The van der Waals surface area contributed by atoms with Gasteiger partial charge in [-0.15, -0.1) is 0 Å². The highest BCUT2D eigenvalue weighted by molar-refractivity contribution is 6.09. The van der Waals surface area contributed by atoms with Crippen molar-refractivity contribution in [2.75, 3.05) is 4.90 Å². The molecule has 52 heavy (non-hydrogen) atoms. The van der Waals surface area contributed by atoms with Gasteiger partial charge in [0.15, 0.2) is 0 Å². The Morgan fingerprint density at radius 3 is 1.58 bits per heavy atom. The van der Waals surface area contributed by atoms with E-state index in [0.717, 1.165) is 22.7 Å². The maximum absolute atomic E-state index is 2.38. The van der Waals surface area contributed by atoms with E-state index in [9.17, 15) is 0 Å². The molecule has 9 aromatic carbocycles. The van der Waals surface area contributed by atoms with E-state index in [-0.39, 0.29) is 0 Å². The molecule has 10 aromatic rings. The van der Waals surface area contributed by atoms with Crippen LogP contribution < -0.4 is 4.90 Å². The minimum Gasteiger partial charge on any atom is -0.310 e. The van der Waals surface area contributed by atoms with Crippen LogP contribution >= 0.6 is 0 Å². The molecular formula is C50H34N2. The van der Waals surface area contributed by atoms with Crippen molar-refractivity contribution >= 4 is 60.4 Å². The third kappa shape index (κ3) is 5.04. The number of para-hydroxylation sites is 3. The van der Waals surface area contributed by atoms with Gasteiger partial charge in [0.05, 0.1) is 16.7 Å². The van der Waals surface area contributed by atoms with Gasteiger partial charge in [0, 0.05) is 33.2 Å². The van der Waals surface area contributed by atoms with E-state index in [1.807, 2.05) is 0 Å². The van der Waals surface area contributed by atoms with Crippen LogP contribution in [0.3, 0.4) is 0 Å². The highest BCUT2D eigenvalue weighted by Crippen LogP contribution is 2.43. The molecule has 2 nitrogen and oxygen atoms in total. The van der Waals surface area contributed by atoms with Crippen LogP contribution in [0.4, 0.5) is 17.1 Å². The SMILES string of the molecule is c1ccc(N(c2ccc(-c3ccc4ccccc4c3)cc2)c2ccc(-c3ccc(-n4c5ccccc5c5ccccc54)cc3)c3ccccc23)cc1. The Morgan fingerprint density at radius 1 is 0.327 bits per heavy atom. The molecule has 0 aliphatic carbocycles.